The largest absolute Gasteiger partial charge is 0.135 e. The maximum atomic E-state index is 2.27. The average molecular weight is 324 g/mol. The normalized spacial score (nSPS) is 11.5. The Balaban J connectivity index is 1.92. The Morgan fingerprint density at radius 3 is 2.12 bits per heavy atom. The molecule has 0 bridgehead atoms. The SMILES string of the molecule is Cc1ccc(-c2cccc3c2sc2ccccc23)c2ccccc12. The zero-order valence-corrected chi connectivity index (χ0v) is 14.2. The van der Waals surface area contributed by atoms with Gasteiger partial charge in [0.15, 0.2) is 0 Å². The van der Waals surface area contributed by atoms with E-state index in [0.717, 1.165) is 0 Å². The van der Waals surface area contributed by atoms with Gasteiger partial charge in [-0.2, -0.15) is 0 Å². The third-order valence-electron chi connectivity index (χ3n) is 4.84. The minimum Gasteiger partial charge on any atom is -0.135 e. The van der Waals surface area contributed by atoms with Gasteiger partial charge in [-0.05, 0) is 34.9 Å². The smallest absolute Gasteiger partial charge is 0.0434 e. The van der Waals surface area contributed by atoms with Gasteiger partial charge in [0.25, 0.3) is 0 Å². The number of hydrogen-bond donors (Lipinski definition) is 0. The van der Waals surface area contributed by atoms with Crippen LogP contribution < -0.4 is 0 Å². The lowest BCUT2D eigenvalue weighted by molar-refractivity contribution is 1.53. The van der Waals surface area contributed by atoms with Gasteiger partial charge in [0.05, 0.1) is 0 Å². The molecule has 1 heterocycles. The van der Waals surface area contributed by atoms with E-state index in [-0.39, 0.29) is 0 Å². The molecule has 0 atom stereocenters. The van der Waals surface area contributed by atoms with Crippen molar-refractivity contribution in [2.24, 2.45) is 0 Å². The Kier molecular flexibility index (Phi) is 2.97. The van der Waals surface area contributed by atoms with Crippen molar-refractivity contribution in [3.8, 4) is 11.1 Å². The van der Waals surface area contributed by atoms with Crippen LogP contribution in [0.1, 0.15) is 5.56 Å². The maximum Gasteiger partial charge on any atom is 0.0434 e. The van der Waals surface area contributed by atoms with Crippen LogP contribution in [0.4, 0.5) is 0 Å². The van der Waals surface area contributed by atoms with Gasteiger partial charge in [-0.3, -0.25) is 0 Å². The Hall–Kier alpha value is -2.64. The molecule has 0 saturated heterocycles. The zero-order chi connectivity index (χ0) is 16.1. The van der Waals surface area contributed by atoms with Crippen LogP contribution in [-0.4, -0.2) is 0 Å². The van der Waals surface area contributed by atoms with Gasteiger partial charge in [0.2, 0.25) is 0 Å². The molecule has 0 aliphatic heterocycles. The first-order valence-electron chi connectivity index (χ1n) is 8.22. The van der Waals surface area contributed by atoms with Crippen molar-refractivity contribution in [1.82, 2.24) is 0 Å². The molecule has 0 N–H and O–H groups in total. The lowest BCUT2D eigenvalue weighted by Crippen LogP contribution is -1.84. The number of rotatable bonds is 1. The summed E-state index contributed by atoms with van der Waals surface area (Å²) < 4.78 is 2.74. The lowest BCUT2D eigenvalue weighted by Gasteiger charge is -2.10. The molecule has 1 heteroatoms. The van der Waals surface area contributed by atoms with Crippen LogP contribution in [0.2, 0.25) is 0 Å². The summed E-state index contributed by atoms with van der Waals surface area (Å²) in [7, 11) is 0. The second-order valence-electron chi connectivity index (χ2n) is 6.26. The molecular weight excluding hydrogens is 308 g/mol. The summed E-state index contributed by atoms with van der Waals surface area (Å²) in [4.78, 5) is 0. The Morgan fingerprint density at radius 2 is 1.25 bits per heavy atom. The van der Waals surface area contributed by atoms with Gasteiger partial charge in [-0.1, -0.05) is 72.8 Å². The van der Waals surface area contributed by atoms with Crippen molar-refractivity contribution >= 4 is 42.3 Å². The van der Waals surface area contributed by atoms with Crippen LogP contribution in [0.25, 0.3) is 42.1 Å². The first-order chi connectivity index (χ1) is 11.8. The summed E-state index contributed by atoms with van der Waals surface area (Å²) in [5.74, 6) is 0. The molecule has 5 aromatic rings. The minimum atomic E-state index is 1.33. The first kappa shape index (κ1) is 13.8. The van der Waals surface area contributed by atoms with Crippen molar-refractivity contribution in [3.63, 3.8) is 0 Å². The van der Waals surface area contributed by atoms with Crippen molar-refractivity contribution in [3.05, 3.63) is 84.4 Å². The molecule has 0 amide bonds. The fourth-order valence-corrected chi connectivity index (χ4v) is 4.87. The fourth-order valence-electron chi connectivity index (χ4n) is 3.64. The van der Waals surface area contributed by atoms with Crippen LogP contribution in [0, 0.1) is 6.92 Å². The molecule has 0 nitrogen and oxygen atoms in total. The predicted molar refractivity (Wildman–Crippen MR) is 107 cm³/mol. The van der Waals surface area contributed by atoms with E-state index in [1.807, 2.05) is 11.3 Å². The summed E-state index contributed by atoms with van der Waals surface area (Å²) in [5.41, 5.74) is 4.00. The molecule has 0 aliphatic rings. The number of fused-ring (bicyclic) bond motifs is 4. The molecule has 1 aromatic heterocycles. The van der Waals surface area contributed by atoms with Crippen LogP contribution in [0.15, 0.2) is 78.9 Å². The molecule has 114 valence electrons. The Morgan fingerprint density at radius 1 is 0.542 bits per heavy atom. The average Bonchev–Trinajstić information content (AvgIpc) is 3.01. The summed E-state index contributed by atoms with van der Waals surface area (Å²) in [6, 6.07) is 28.6. The monoisotopic (exact) mass is 324 g/mol. The molecule has 0 radical (unpaired) electrons. The van der Waals surface area contributed by atoms with E-state index in [2.05, 4.69) is 85.8 Å². The molecule has 0 fully saturated rings. The first-order valence-corrected chi connectivity index (χ1v) is 9.03. The third-order valence-corrected chi connectivity index (χ3v) is 6.06. The van der Waals surface area contributed by atoms with Crippen molar-refractivity contribution < 1.29 is 0 Å². The number of hydrogen-bond acceptors (Lipinski definition) is 1. The van der Waals surface area contributed by atoms with Crippen molar-refractivity contribution in [2.75, 3.05) is 0 Å². The van der Waals surface area contributed by atoms with Crippen LogP contribution >= 0.6 is 11.3 Å². The van der Waals surface area contributed by atoms with Gasteiger partial charge in [0, 0.05) is 25.7 Å². The van der Waals surface area contributed by atoms with E-state index < -0.39 is 0 Å². The highest BCUT2D eigenvalue weighted by atomic mass is 32.1. The van der Waals surface area contributed by atoms with Crippen molar-refractivity contribution in [2.45, 2.75) is 6.92 Å². The zero-order valence-electron chi connectivity index (χ0n) is 13.4. The van der Waals surface area contributed by atoms with E-state index in [0.29, 0.717) is 0 Å². The second kappa shape index (κ2) is 5.19. The molecule has 0 unspecified atom stereocenters. The number of benzene rings is 4. The van der Waals surface area contributed by atoms with Crippen LogP contribution in [-0.2, 0) is 0 Å². The predicted octanol–water partition coefficient (Wildman–Crippen LogP) is 7.18. The van der Waals surface area contributed by atoms with Gasteiger partial charge in [-0.15, -0.1) is 11.3 Å². The summed E-state index contributed by atoms with van der Waals surface area (Å²) in [6.45, 7) is 2.19. The van der Waals surface area contributed by atoms with E-state index >= 15 is 0 Å². The molecule has 0 aliphatic carbocycles. The summed E-state index contributed by atoms with van der Waals surface area (Å²) in [5, 5.41) is 5.39. The van der Waals surface area contributed by atoms with Crippen LogP contribution in [0.5, 0.6) is 0 Å². The second-order valence-corrected chi connectivity index (χ2v) is 7.31. The number of thiophene rings is 1. The molecule has 24 heavy (non-hydrogen) atoms. The molecule has 0 spiro atoms. The van der Waals surface area contributed by atoms with E-state index in [9.17, 15) is 0 Å². The quantitative estimate of drug-likeness (QED) is 0.306. The standard InChI is InChI=1S/C23H16S/c1-15-13-14-18(17-8-3-2-7-16(15)17)20-10-6-11-21-19-9-4-5-12-22(19)24-23(20)21/h2-14H,1H3. The topological polar surface area (TPSA) is 0 Å². The molecule has 0 saturated carbocycles. The van der Waals surface area contributed by atoms with Crippen molar-refractivity contribution in [1.29, 1.82) is 0 Å². The van der Waals surface area contributed by atoms with Gasteiger partial charge in [0.1, 0.15) is 0 Å². The Labute approximate surface area is 145 Å². The highest BCUT2D eigenvalue weighted by Gasteiger charge is 2.12. The number of aryl methyl sites for hydroxylation is 1. The highest BCUT2D eigenvalue weighted by molar-refractivity contribution is 7.26. The van der Waals surface area contributed by atoms with Gasteiger partial charge >= 0.3 is 0 Å². The fraction of sp³-hybridized carbons (Fsp3) is 0.0435. The van der Waals surface area contributed by atoms with Gasteiger partial charge < -0.3 is 0 Å². The lowest BCUT2D eigenvalue weighted by atomic mass is 9.95. The molecular formula is C23H16S. The molecule has 5 rings (SSSR count). The van der Waals surface area contributed by atoms with E-state index in [4.69, 9.17) is 0 Å². The van der Waals surface area contributed by atoms with E-state index in [1.165, 1.54) is 47.6 Å². The van der Waals surface area contributed by atoms with E-state index in [1.54, 1.807) is 0 Å². The molecule has 4 aromatic carbocycles. The van der Waals surface area contributed by atoms with Crippen LogP contribution in [0.3, 0.4) is 0 Å². The Bertz CT molecular complexity index is 1210. The van der Waals surface area contributed by atoms with Gasteiger partial charge in [-0.25, -0.2) is 0 Å². The summed E-state index contributed by atoms with van der Waals surface area (Å²) in [6.07, 6.45) is 0. The maximum absolute atomic E-state index is 2.27. The minimum absolute atomic E-state index is 1.33. The third kappa shape index (κ3) is 1.92. The highest BCUT2D eigenvalue weighted by Crippen LogP contribution is 2.41. The summed E-state index contributed by atoms with van der Waals surface area (Å²) >= 11 is 1.90.